The number of hydrogen-bond acceptors (Lipinski definition) is 6. The van der Waals surface area contributed by atoms with Crippen LogP contribution in [0.2, 0.25) is 10.0 Å². The molecule has 3 heterocycles. The zero-order valence-electron chi connectivity index (χ0n) is 18.9. The van der Waals surface area contributed by atoms with Gasteiger partial charge in [-0.1, -0.05) is 46.6 Å². The van der Waals surface area contributed by atoms with Crippen LogP contribution in [0.5, 0.6) is 0 Å². The molecule has 2 aromatic carbocycles. The van der Waals surface area contributed by atoms with Crippen molar-refractivity contribution in [1.82, 2.24) is 19.9 Å². The first-order chi connectivity index (χ1) is 16.6. The van der Waals surface area contributed by atoms with Crippen molar-refractivity contribution >= 4 is 34.8 Å². The number of hydrogen-bond donors (Lipinski definition) is 0. The van der Waals surface area contributed by atoms with Crippen molar-refractivity contribution < 1.29 is 9.32 Å². The van der Waals surface area contributed by atoms with Crippen molar-refractivity contribution in [2.45, 2.75) is 19.4 Å². The number of anilines is 1. The summed E-state index contributed by atoms with van der Waals surface area (Å²) in [5.41, 5.74) is 1.86. The summed E-state index contributed by atoms with van der Waals surface area (Å²) in [6.45, 7) is 5.24. The van der Waals surface area contributed by atoms with E-state index in [1.807, 2.05) is 47.4 Å². The van der Waals surface area contributed by atoms with E-state index >= 15 is 0 Å². The predicted octanol–water partition coefficient (Wildman–Crippen LogP) is 4.60. The average molecular weight is 500 g/mol. The number of rotatable bonds is 5. The summed E-state index contributed by atoms with van der Waals surface area (Å²) in [5, 5.41) is 5.42. The second-order valence-electron chi connectivity index (χ2n) is 8.86. The maximum absolute atomic E-state index is 13.3. The van der Waals surface area contributed by atoms with Gasteiger partial charge in [-0.15, -0.1) is 0 Å². The van der Waals surface area contributed by atoms with E-state index in [4.69, 9.17) is 27.7 Å². The average Bonchev–Trinajstić information content (AvgIpc) is 3.32. The fourth-order valence-electron chi connectivity index (χ4n) is 4.78. The van der Waals surface area contributed by atoms with Gasteiger partial charge in [0, 0.05) is 49.0 Å². The number of likely N-dealkylation sites (tertiary alicyclic amines) is 1. The third-order valence-corrected chi connectivity index (χ3v) is 7.13. The molecule has 0 bridgehead atoms. The molecule has 2 fully saturated rings. The second kappa shape index (κ2) is 10.3. The molecule has 0 radical (unpaired) electrons. The van der Waals surface area contributed by atoms with Gasteiger partial charge >= 0.3 is 0 Å². The molecular formula is C25H27Cl2N5O2. The van der Waals surface area contributed by atoms with Gasteiger partial charge in [-0.3, -0.25) is 9.69 Å². The van der Waals surface area contributed by atoms with Crippen LogP contribution in [0.25, 0.3) is 11.4 Å². The molecule has 5 rings (SSSR count). The van der Waals surface area contributed by atoms with E-state index in [0.29, 0.717) is 29.8 Å². The van der Waals surface area contributed by atoms with E-state index in [1.165, 1.54) is 0 Å². The molecule has 0 spiro atoms. The highest BCUT2D eigenvalue weighted by Crippen LogP contribution is 2.27. The summed E-state index contributed by atoms with van der Waals surface area (Å²) < 4.78 is 5.48. The van der Waals surface area contributed by atoms with Gasteiger partial charge in [0.25, 0.3) is 0 Å². The molecule has 1 atom stereocenters. The number of benzene rings is 2. The van der Waals surface area contributed by atoms with Crippen LogP contribution in [0.3, 0.4) is 0 Å². The first kappa shape index (κ1) is 23.1. The van der Waals surface area contributed by atoms with Crippen LogP contribution in [0.15, 0.2) is 53.1 Å². The Balaban J connectivity index is 1.16. The van der Waals surface area contributed by atoms with Crippen LogP contribution in [0, 0.1) is 5.92 Å². The Morgan fingerprint density at radius 3 is 2.65 bits per heavy atom. The van der Waals surface area contributed by atoms with Gasteiger partial charge in [-0.2, -0.15) is 4.98 Å². The topological polar surface area (TPSA) is 65.7 Å². The molecule has 9 heteroatoms. The lowest BCUT2D eigenvalue weighted by Gasteiger charge is -2.39. The van der Waals surface area contributed by atoms with Crippen LogP contribution in [0.1, 0.15) is 18.7 Å². The third-order valence-electron chi connectivity index (χ3n) is 6.56. The minimum atomic E-state index is -0.00238. The first-order valence-electron chi connectivity index (χ1n) is 11.7. The fraction of sp³-hybridized carbons (Fsp3) is 0.400. The summed E-state index contributed by atoms with van der Waals surface area (Å²) in [5.74, 6) is 1.27. The number of carbonyl (C=O) groups excluding carboxylic acids is 1. The summed E-state index contributed by atoms with van der Waals surface area (Å²) >= 11 is 12.4. The minimum Gasteiger partial charge on any atom is -0.368 e. The monoisotopic (exact) mass is 499 g/mol. The van der Waals surface area contributed by atoms with Gasteiger partial charge in [0.15, 0.2) is 0 Å². The van der Waals surface area contributed by atoms with Crippen LogP contribution in [0.4, 0.5) is 5.69 Å². The number of aromatic nitrogens is 2. The van der Waals surface area contributed by atoms with Crippen molar-refractivity contribution in [3.8, 4) is 11.4 Å². The zero-order chi connectivity index (χ0) is 23.5. The fourth-order valence-corrected chi connectivity index (χ4v) is 5.18. The Bertz CT molecular complexity index is 1150. The summed E-state index contributed by atoms with van der Waals surface area (Å²) in [6.07, 6.45) is 1.89. The lowest BCUT2D eigenvalue weighted by atomic mass is 9.96. The van der Waals surface area contributed by atoms with E-state index in [-0.39, 0.29) is 11.8 Å². The molecule has 2 saturated heterocycles. The van der Waals surface area contributed by atoms with Crippen molar-refractivity contribution in [1.29, 1.82) is 0 Å². The molecule has 3 aromatic rings. The number of halogens is 2. The number of amides is 1. The highest BCUT2D eigenvalue weighted by Gasteiger charge is 2.31. The number of nitrogens with zero attached hydrogens (tertiary/aromatic N) is 5. The van der Waals surface area contributed by atoms with Gasteiger partial charge in [-0.05, 0) is 49.7 Å². The summed E-state index contributed by atoms with van der Waals surface area (Å²) in [6, 6.07) is 15.3. The van der Waals surface area contributed by atoms with Gasteiger partial charge in [0.1, 0.15) is 0 Å². The Kier molecular flexibility index (Phi) is 7.04. The highest BCUT2D eigenvalue weighted by molar-refractivity contribution is 6.33. The van der Waals surface area contributed by atoms with E-state index < -0.39 is 0 Å². The molecule has 2 aliphatic rings. The molecule has 0 aliphatic carbocycles. The maximum atomic E-state index is 13.3. The number of piperidine rings is 1. The molecule has 2 aliphatic heterocycles. The van der Waals surface area contributed by atoms with E-state index in [2.05, 4.69) is 26.0 Å². The van der Waals surface area contributed by atoms with E-state index in [0.717, 1.165) is 61.8 Å². The highest BCUT2D eigenvalue weighted by atomic mass is 35.5. The maximum Gasteiger partial charge on any atom is 0.241 e. The molecule has 1 aromatic heterocycles. The molecule has 0 N–H and O–H groups in total. The van der Waals surface area contributed by atoms with Crippen LogP contribution in [-0.2, 0) is 11.3 Å². The smallest absolute Gasteiger partial charge is 0.241 e. The van der Waals surface area contributed by atoms with Gasteiger partial charge < -0.3 is 14.3 Å². The molecule has 0 saturated carbocycles. The van der Waals surface area contributed by atoms with Crippen molar-refractivity contribution in [3.05, 3.63) is 64.5 Å². The lowest BCUT2D eigenvalue weighted by Crippen LogP contribution is -2.52. The number of piperazine rings is 1. The Morgan fingerprint density at radius 2 is 1.85 bits per heavy atom. The van der Waals surface area contributed by atoms with Crippen molar-refractivity contribution in [2.24, 2.45) is 5.92 Å². The van der Waals surface area contributed by atoms with Crippen molar-refractivity contribution in [2.75, 3.05) is 44.2 Å². The Labute approximate surface area is 209 Å². The van der Waals surface area contributed by atoms with Crippen LogP contribution in [-0.4, -0.2) is 65.1 Å². The molecular weight excluding hydrogens is 473 g/mol. The van der Waals surface area contributed by atoms with Crippen LogP contribution < -0.4 is 4.90 Å². The molecule has 1 unspecified atom stereocenters. The minimum absolute atomic E-state index is 0.00238. The predicted molar refractivity (Wildman–Crippen MR) is 133 cm³/mol. The normalized spacial score (nSPS) is 19.4. The Morgan fingerprint density at radius 1 is 1.03 bits per heavy atom. The zero-order valence-corrected chi connectivity index (χ0v) is 20.4. The van der Waals surface area contributed by atoms with Gasteiger partial charge in [0.2, 0.25) is 17.6 Å². The lowest BCUT2D eigenvalue weighted by molar-refractivity contribution is -0.137. The van der Waals surface area contributed by atoms with Crippen LogP contribution >= 0.6 is 23.2 Å². The van der Waals surface area contributed by atoms with Crippen molar-refractivity contribution in [3.63, 3.8) is 0 Å². The number of carbonyl (C=O) groups is 1. The SMILES string of the molecule is O=C(C1CCCN(Cc2nc(-c3ccccc3Cl)no2)C1)N1CCN(c2cccc(Cl)c2)CC1. The molecule has 7 nitrogen and oxygen atoms in total. The first-order valence-corrected chi connectivity index (χ1v) is 12.4. The van der Waals surface area contributed by atoms with E-state index in [1.54, 1.807) is 0 Å². The van der Waals surface area contributed by atoms with Gasteiger partial charge in [0.05, 0.1) is 17.5 Å². The largest absolute Gasteiger partial charge is 0.368 e. The quantitative estimate of drug-likeness (QED) is 0.510. The van der Waals surface area contributed by atoms with Gasteiger partial charge in [-0.25, -0.2) is 0 Å². The standard InChI is InChI=1S/C25H27Cl2N5O2/c26-19-6-3-7-20(15-19)31-11-13-32(14-12-31)25(33)18-5-4-10-30(16-18)17-23-28-24(29-34-23)21-8-1-2-9-22(21)27/h1-3,6-9,15,18H,4-5,10-14,16-17H2. The van der Waals surface area contributed by atoms with E-state index in [9.17, 15) is 4.79 Å². The molecule has 34 heavy (non-hydrogen) atoms. The molecule has 178 valence electrons. The summed E-state index contributed by atoms with van der Waals surface area (Å²) in [7, 11) is 0. The molecule has 1 amide bonds. The third kappa shape index (κ3) is 5.22. The Hall–Kier alpha value is -2.61. The second-order valence-corrected chi connectivity index (χ2v) is 9.70. The summed E-state index contributed by atoms with van der Waals surface area (Å²) in [4.78, 5) is 24.3.